The summed E-state index contributed by atoms with van der Waals surface area (Å²) in [5.74, 6) is 0. The Labute approximate surface area is 114 Å². The average molecular weight is 253 g/mol. The van der Waals surface area contributed by atoms with E-state index in [-0.39, 0.29) is 6.04 Å². The molecule has 0 amide bonds. The molecule has 0 spiro atoms. The lowest BCUT2D eigenvalue weighted by Crippen LogP contribution is -2.26. The molecule has 2 aromatic rings. The van der Waals surface area contributed by atoms with Crippen molar-refractivity contribution in [3.63, 3.8) is 0 Å². The Balaban J connectivity index is 1.89. The molecule has 1 aliphatic heterocycles. The standard InChI is InChI=1S/C17H19NO/c1-11-6-5-7-12(2)16(11)17(19)15-10-13-8-3-4-9-14(13)18-15/h3-9,15,17-19H,10H2,1-2H3. The molecule has 2 aromatic carbocycles. The molecule has 3 rings (SSSR count). The molecule has 98 valence electrons. The Morgan fingerprint density at radius 1 is 1.05 bits per heavy atom. The second kappa shape index (κ2) is 4.71. The Morgan fingerprint density at radius 2 is 1.74 bits per heavy atom. The van der Waals surface area contributed by atoms with E-state index in [1.807, 2.05) is 18.2 Å². The lowest BCUT2D eigenvalue weighted by molar-refractivity contribution is 0.155. The largest absolute Gasteiger partial charge is 0.386 e. The molecule has 19 heavy (non-hydrogen) atoms. The van der Waals surface area contributed by atoms with Gasteiger partial charge in [-0.1, -0.05) is 36.4 Å². The van der Waals surface area contributed by atoms with Gasteiger partial charge in [-0.15, -0.1) is 0 Å². The molecule has 2 atom stereocenters. The number of aliphatic hydroxyl groups is 1. The van der Waals surface area contributed by atoms with Crippen molar-refractivity contribution in [3.8, 4) is 0 Å². The van der Waals surface area contributed by atoms with Crippen LogP contribution in [-0.2, 0) is 6.42 Å². The molecule has 1 aliphatic rings. The number of hydrogen-bond donors (Lipinski definition) is 2. The van der Waals surface area contributed by atoms with Gasteiger partial charge in [0.2, 0.25) is 0 Å². The molecule has 2 nitrogen and oxygen atoms in total. The fraction of sp³-hybridized carbons (Fsp3) is 0.294. The number of aliphatic hydroxyl groups excluding tert-OH is 1. The molecule has 1 heterocycles. The lowest BCUT2D eigenvalue weighted by atomic mass is 9.92. The maximum atomic E-state index is 10.7. The number of benzene rings is 2. The molecule has 0 aromatic heterocycles. The van der Waals surface area contributed by atoms with Gasteiger partial charge in [0.25, 0.3) is 0 Å². The number of para-hydroxylation sites is 1. The maximum Gasteiger partial charge on any atom is 0.0999 e. The fourth-order valence-electron chi connectivity index (χ4n) is 3.01. The van der Waals surface area contributed by atoms with E-state index in [4.69, 9.17) is 0 Å². The summed E-state index contributed by atoms with van der Waals surface area (Å²) in [5.41, 5.74) is 5.82. The summed E-state index contributed by atoms with van der Waals surface area (Å²) >= 11 is 0. The first-order valence-electron chi connectivity index (χ1n) is 6.75. The highest BCUT2D eigenvalue weighted by Gasteiger charge is 2.29. The van der Waals surface area contributed by atoms with Gasteiger partial charge in [-0.2, -0.15) is 0 Å². The maximum absolute atomic E-state index is 10.7. The van der Waals surface area contributed by atoms with Gasteiger partial charge in [-0.05, 0) is 48.6 Å². The van der Waals surface area contributed by atoms with Crippen LogP contribution in [0, 0.1) is 13.8 Å². The lowest BCUT2D eigenvalue weighted by Gasteiger charge is -2.23. The summed E-state index contributed by atoms with van der Waals surface area (Å²) < 4.78 is 0. The predicted octanol–water partition coefficient (Wildman–Crippen LogP) is 3.37. The van der Waals surface area contributed by atoms with Crippen LogP contribution in [-0.4, -0.2) is 11.1 Å². The Hall–Kier alpha value is -1.80. The topological polar surface area (TPSA) is 32.3 Å². The van der Waals surface area contributed by atoms with Crippen LogP contribution in [0.1, 0.15) is 28.4 Å². The van der Waals surface area contributed by atoms with Crippen LogP contribution >= 0.6 is 0 Å². The van der Waals surface area contributed by atoms with E-state index in [0.717, 1.165) is 28.8 Å². The zero-order valence-electron chi connectivity index (χ0n) is 11.4. The molecule has 2 heteroatoms. The third kappa shape index (κ3) is 2.13. The van der Waals surface area contributed by atoms with Gasteiger partial charge in [0.1, 0.15) is 0 Å². The van der Waals surface area contributed by atoms with Gasteiger partial charge >= 0.3 is 0 Å². The van der Waals surface area contributed by atoms with Crippen LogP contribution in [0.15, 0.2) is 42.5 Å². The molecule has 0 saturated carbocycles. The van der Waals surface area contributed by atoms with Crippen molar-refractivity contribution in [1.29, 1.82) is 0 Å². The van der Waals surface area contributed by atoms with Gasteiger partial charge in [0.15, 0.2) is 0 Å². The third-order valence-corrected chi connectivity index (χ3v) is 4.02. The molecular weight excluding hydrogens is 234 g/mol. The molecule has 0 aliphatic carbocycles. The molecule has 2 N–H and O–H groups in total. The van der Waals surface area contributed by atoms with Crippen LogP contribution < -0.4 is 5.32 Å². The summed E-state index contributed by atoms with van der Waals surface area (Å²) in [4.78, 5) is 0. The zero-order valence-corrected chi connectivity index (χ0v) is 11.4. The van der Waals surface area contributed by atoms with Crippen molar-refractivity contribution >= 4 is 5.69 Å². The molecular formula is C17H19NO. The van der Waals surface area contributed by atoms with Crippen molar-refractivity contribution in [2.24, 2.45) is 0 Å². The summed E-state index contributed by atoms with van der Waals surface area (Å²) in [7, 11) is 0. The van der Waals surface area contributed by atoms with E-state index in [1.54, 1.807) is 0 Å². The van der Waals surface area contributed by atoms with E-state index in [2.05, 4.69) is 43.4 Å². The fourth-order valence-corrected chi connectivity index (χ4v) is 3.01. The first-order valence-corrected chi connectivity index (χ1v) is 6.75. The number of nitrogens with one attached hydrogen (secondary N) is 1. The average Bonchev–Trinajstić information content (AvgIpc) is 2.82. The van der Waals surface area contributed by atoms with E-state index >= 15 is 0 Å². The zero-order chi connectivity index (χ0) is 13.4. The van der Waals surface area contributed by atoms with Crippen LogP contribution in [0.2, 0.25) is 0 Å². The van der Waals surface area contributed by atoms with Crippen molar-refractivity contribution in [2.75, 3.05) is 5.32 Å². The van der Waals surface area contributed by atoms with Gasteiger partial charge < -0.3 is 10.4 Å². The van der Waals surface area contributed by atoms with Crippen LogP contribution in [0.25, 0.3) is 0 Å². The Kier molecular flexibility index (Phi) is 3.03. The van der Waals surface area contributed by atoms with Crippen molar-refractivity contribution < 1.29 is 5.11 Å². The summed E-state index contributed by atoms with van der Waals surface area (Å²) in [6.07, 6.45) is 0.416. The SMILES string of the molecule is Cc1cccc(C)c1C(O)C1Cc2ccccc2N1. The summed E-state index contributed by atoms with van der Waals surface area (Å²) in [6, 6.07) is 14.5. The van der Waals surface area contributed by atoms with Gasteiger partial charge in [0, 0.05) is 5.69 Å². The molecule has 0 radical (unpaired) electrons. The van der Waals surface area contributed by atoms with Crippen molar-refractivity contribution in [2.45, 2.75) is 32.4 Å². The molecule has 0 saturated heterocycles. The number of fused-ring (bicyclic) bond motifs is 1. The third-order valence-electron chi connectivity index (χ3n) is 4.02. The highest BCUT2D eigenvalue weighted by molar-refractivity contribution is 5.57. The highest BCUT2D eigenvalue weighted by Crippen LogP contribution is 2.33. The monoisotopic (exact) mass is 253 g/mol. The minimum Gasteiger partial charge on any atom is -0.386 e. The van der Waals surface area contributed by atoms with E-state index in [9.17, 15) is 5.11 Å². The van der Waals surface area contributed by atoms with E-state index in [1.165, 1.54) is 5.56 Å². The predicted molar refractivity (Wildman–Crippen MR) is 78.4 cm³/mol. The first-order chi connectivity index (χ1) is 9.16. The number of rotatable bonds is 2. The summed E-state index contributed by atoms with van der Waals surface area (Å²) in [6.45, 7) is 4.13. The van der Waals surface area contributed by atoms with Crippen molar-refractivity contribution in [3.05, 3.63) is 64.7 Å². The molecule has 0 bridgehead atoms. The number of aryl methyl sites for hydroxylation is 2. The molecule has 2 unspecified atom stereocenters. The van der Waals surface area contributed by atoms with Crippen LogP contribution in [0.3, 0.4) is 0 Å². The normalized spacial score (nSPS) is 18.8. The Morgan fingerprint density at radius 3 is 2.42 bits per heavy atom. The molecule has 0 fully saturated rings. The quantitative estimate of drug-likeness (QED) is 0.860. The van der Waals surface area contributed by atoms with E-state index < -0.39 is 6.10 Å². The second-order valence-electron chi connectivity index (χ2n) is 5.36. The summed E-state index contributed by atoms with van der Waals surface area (Å²) in [5, 5.41) is 14.1. The smallest absolute Gasteiger partial charge is 0.0999 e. The van der Waals surface area contributed by atoms with Gasteiger partial charge in [-0.25, -0.2) is 0 Å². The van der Waals surface area contributed by atoms with Gasteiger partial charge in [0.05, 0.1) is 12.1 Å². The highest BCUT2D eigenvalue weighted by atomic mass is 16.3. The van der Waals surface area contributed by atoms with Gasteiger partial charge in [-0.3, -0.25) is 0 Å². The second-order valence-corrected chi connectivity index (χ2v) is 5.36. The van der Waals surface area contributed by atoms with E-state index in [0.29, 0.717) is 0 Å². The minimum absolute atomic E-state index is 0.0669. The van der Waals surface area contributed by atoms with Crippen molar-refractivity contribution in [1.82, 2.24) is 0 Å². The Bertz CT molecular complexity index is 561. The first kappa shape index (κ1) is 12.2. The van der Waals surface area contributed by atoms with Crippen LogP contribution in [0.5, 0.6) is 0 Å². The minimum atomic E-state index is -0.464. The number of hydrogen-bond acceptors (Lipinski definition) is 2. The van der Waals surface area contributed by atoms with Crippen LogP contribution in [0.4, 0.5) is 5.69 Å². The number of anilines is 1.